The maximum Gasteiger partial charge on any atom is 0.113 e. The minimum absolute atomic E-state index is 0.469. The van der Waals surface area contributed by atoms with Crippen LogP contribution in [0.15, 0.2) is 36.4 Å². The minimum Gasteiger partial charge on any atom is -0.323 e. The van der Waals surface area contributed by atoms with Crippen molar-refractivity contribution in [3.05, 3.63) is 63.4 Å². The maximum atomic E-state index is 6.31. The summed E-state index contributed by atoms with van der Waals surface area (Å²) >= 11 is 12.6. The van der Waals surface area contributed by atoms with E-state index >= 15 is 0 Å². The first kappa shape index (κ1) is 17.8. The van der Waals surface area contributed by atoms with Crippen molar-refractivity contribution in [3.8, 4) is 0 Å². The van der Waals surface area contributed by atoms with Gasteiger partial charge in [-0.1, -0.05) is 54.4 Å². The first-order chi connectivity index (χ1) is 12.7. The van der Waals surface area contributed by atoms with E-state index in [4.69, 9.17) is 28.2 Å². The number of imidazole rings is 1. The second kappa shape index (κ2) is 7.59. The van der Waals surface area contributed by atoms with Crippen molar-refractivity contribution < 1.29 is 0 Å². The molecule has 136 valence electrons. The van der Waals surface area contributed by atoms with Gasteiger partial charge in [0.25, 0.3) is 0 Å². The highest BCUT2D eigenvalue weighted by Gasteiger charge is 2.23. The maximum absolute atomic E-state index is 6.31. The summed E-state index contributed by atoms with van der Waals surface area (Å²) in [6.07, 6.45) is 3.28. The Labute approximate surface area is 164 Å². The van der Waals surface area contributed by atoms with Crippen molar-refractivity contribution >= 4 is 34.2 Å². The molecular formula is C21H23Cl2N3. The molecule has 3 nitrogen and oxygen atoms in total. The molecule has 0 radical (unpaired) electrons. The van der Waals surface area contributed by atoms with Crippen LogP contribution in [0.1, 0.15) is 42.6 Å². The third kappa shape index (κ3) is 3.48. The van der Waals surface area contributed by atoms with Crippen LogP contribution in [0.5, 0.6) is 0 Å². The standard InChI is InChI=1S/C21H23Cl2N3/c1-2-14-3-5-15(6-4-14)13-26-20-12-18(23)17(22)11-19(20)25-21(26)16-7-9-24-10-8-16/h3-6,11-12,16,24H,2,7-10,13H2,1H3. The average molecular weight is 388 g/mol. The Morgan fingerprint density at radius 2 is 1.69 bits per heavy atom. The van der Waals surface area contributed by atoms with Crippen molar-refractivity contribution in [2.45, 2.75) is 38.6 Å². The van der Waals surface area contributed by atoms with Crippen LogP contribution in [0.2, 0.25) is 10.0 Å². The van der Waals surface area contributed by atoms with E-state index in [0.29, 0.717) is 16.0 Å². The highest BCUT2D eigenvalue weighted by atomic mass is 35.5. The summed E-state index contributed by atoms with van der Waals surface area (Å²) in [5.74, 6) is 1.62. The number of fused-ring (bicyclic) bond motifs is 1. The Bertz CT molecular complexity index is 909. The summed E-state index contributed by atoms with van der Waals surface area (Å²) in [5, 5.41) is 4.58. The molecule has 0 saturated carbocycles. The number of hydrogen-bond acceptors (Lipinski definition) is 2. The van der Waals surface area contributed by atoms with Gasteiger partial charge >= 0.3 is 0 Å². The molecule has 1 aliphatic heterocycles. The van der Waals surface area contributed by atoms with Crippen LogP contribution in [-0.4, -0.2) is 22.6 Å². The molecule has 0 aliphatic carbocycles. The lowest BCUT2D eigenvalue weighted by Crippen LogP contribution is -2.28. The van der Waals surface area contributed by atoms with Crippen molar-refractivity contribution in [3.63, 3.8) is 0 Å². The summed E-state index contributed by atoms with van der Waals surface area (Å²) < 4.78 is 2.33. The van der Waals surface area contributed by atoms with Crippen molar-refractivity contribution in [2.24, 2.45) is 0 Å². The van der Waals surface area contributed by atoms with E-state index in [9.17, 15) is 0 Å². The minimum atomic E-state index is 0.469. The molecule has 3 aromatic rings. The molecule has 0 unspecified atom stereocenters. The number of rotatable bonds is 4. The number of aromatic nitrogens is 2. The predicted molar refractivity (Wildman–Crippen MR) is 110 cm³/mol. The van der Waals surface area contributed by atoms with E-state index in [-0.39, 0.29) is 0 Å². The topological polar surface area (TPSA) is 29.9 Å². The van der Waals surface area contributed by atoms with Crippen molar-refractivity contribution in [1.29, 1.82) is 0 Å². The van der Waals surface area contributed by atoms with Gasteiger partial charge < -0.3 is 9.88 Å². The fraction of sp³-hybridized carbons (Fsp3) is 0.381. The van der Waals surface area contributed by atoms with Gasteiger partial charge in [-0.3, -0.25) is 0 Å². The second-order valence-electron chi connectivity index (χ2n) is 7.01. The van der Waals surface area contributed by atoms with Crippen molar-refractivity contribution in [2.75, 3.05) is 13.1 Å². The monoisotopic (exact) mass is 387 g/mol. The number of aryl methyl sites for hydroxylation is 1. The first-order valence-corrected chi connectivity index (χ1v) is 10.0. The van der Waals surface area contributed by atoms with Gasteiger partial charge in [0.15, 0.2) is 0 Å². The van der Waals surface area contributed by atoms with Crippen LogP contribution in [-0.2, 0) is 13.0 Å². The van der Waals surface area contributed by atoms with Gasteiger partial charge in [0.05, 0.1) is 21.1 Å². The van der Waals surface area contributed by atoms with Gasteiger partial charge in [0.2, 0.25) is 0 Å². The van der Waals surface area contributed by atoms with E-state index in [1.54, 1.807) is 0 Å². The summed E-state index contributed by atoms with van der Waals surface area (Å²) in [5.41, 5.74) is 4.63. The average Bonchev–Trinajstić information content (AvgIpc) is 3.01. The Morgan fingerprint density at radius 3 is 2.38 bits per heavy atom. The highest BCUT2D eigenvalue weighted by Crippen LogP contribution is 2.33. The van der Waals surface area contributed by atoms with Crippen LogP contribution in [0.3, 0.4) is 0 Å². The lowest BCUT2D eigenvalue weighted by Gasteiger charge is -2.23. The number of halogens is 2. The molecule has 2 heterocycles. The third-order valence-corrected chi connectivity index (χ3v) is 6.02. The van der Waals surface area contributed by atoms with Gasteiger partial charge in [-0.25, -0.2) is 4.98 Å². The molecule has 1 saturated heterocycles. The SMILES string of the molecule is CCc1ccc(Cn2c(C3CCNCC3)nc3cc(Cl)c(Cl)cc32)cc1. The van der Waals surface area contributed by atoms with E-state index in [2.05, 4.69) is 41.1 Å². The zero-order valence-corrected chi connectivity index (χ0v) is 16.4. The lowest BCUT2D eigenvalue weighted by atomic mass is 9.97. The number of piperidine rings is 1. The Kier molecular flexibility index (Phi) is 5.21. The number of benzene rings is 2. The van der Waals surface area contributed by atoms with E-state index in [0.717, 1.165) is 55.8 Å². The molecule has 2 aromatic carbocycles. The summed E-state index contributed by atoms with van der Waals surface area (Å²) in [4.78, 5) is 4.96. The van der Waals surface area contributed by atoms with Crippen LogP contribution in [0.25, 0.3) is 11.0 Å². The Morgan fingerprint density at radius 1 is 1.04 bits per heavy atom. The number of hydrogen-bond donors (Lipinski definition) is 1. The van der Waals surface area contributed by atoms with Crippen molar-refractivity contribution in [1.82, 2.24) is 14.9 Å². The Balaban J connectivity index is 1.79. The third-order valence-electron chi connectivity index (χ3n) is 5.30. The zero-order chi connectivity index (χ0) is 18.1. The number of nitrogens with one attached hydrogen (secondary N) is 1. The van der Waals surface area contributed by atoms with E-state index in [1.807, 2.05) is 12.1 Å². The largest absolute Gasteiger partial charge is 0.323 e. The summed E-state index contributed by atoms with van der Waals surface area (Å²) in [6.45, 7) is 5.07. The summed E-state index contributed by atoms with van der Waals surface area (Å²) in [7, 11) is 0. The highest BCUT2D eigenvalue weighted by molar-refractivity contribution is 6.42. The molecule has 0 atom stereocenters. The normalized spacial score (nSPS) is 15.7. The lowest BCUT2D eigenvalue weighted by molar-refractivity contribution is 0.435. The fourth-order valence-corrected chi connectivity index (χ4v) is 4.08. The van der Waals surface area contributed by atoms with Gasteiger partial charge in [-0.15, -0.1) is 0 Å². The molecule has 1 aromatic heterocycles. The predicted octanol–water partition coefficient (Wildman–Crippen LogP) is 5.42. The number of nitrogens with zero attached hydrogens (tertiary/aromatic N) is 2. The van der Waals surface area contributed by atoms with Gasteiger partial charge in [0.1, 0.15) is 5.82 Å². The molecule has 0 spiro atoms. The molecule has 4 rings (SSSR count). The first-order valence-electron chi connectivity index (χ1n) is 9.29. The molecule has 5 heteroatoms. The molecule has 26 heavy (non-hydrogen) atoms. The van der Waals surface area contributed by atoms with Crippen LogP contribution in [0, 0.1) is 0 Å². The molecular weight excluding hydrogens is 365 g/mol. The smallest absolute Gasteiger partial charge is 0.113 e. The van der Waals surface area contributed by atoms with E-state index < -0.39 is 0 Å². The van der Waals surface area contributed by atoms with Crippen LogP contribution >= 0.6 is 23.2 Å². The molecule has 0 bridgehead atoms. The van der Waals surface area contributed by atoms with Gasteiger partial charge in [0, 0.05) is 12.5 Å². The Hall–Kier alpha value is -1.55. The van der Waals surface area contributed by atoms with Crippen LogP contribution in [0.4, 0.5) is 0 Å². The molecule has 0 amide bonds. The fourth-order valence-electron chi connectivity index (χ4n) is 3.76. The molecule has 1 N–H and O–H groups in total. The molecule has 1 fully saturated rings. The summed E-state index contributed by atoms with van der Waals surface area (Å²) in [6, 6.07) is 12.7. The molecule has 1 aliphatic rings. The second-order valence-corrected chi connectivity index (χ2v) is 7.82. The zero-order valence-electron chi connectivity index (χ0n) is 14.9. The van der Waals surface area contributed by atoms with Crippen LogP contribution < -0.4 is 5.32 Å². The quantitative estimate of drug-likeness (QED) is 0.647. The van der Waals surface area contributed by atoms with Gasteiger partial charge in [-0.05, 0) is 55.6 Å². The van der Waals surface area contributed by atoms with E-state index in [1.165, 1.54) is 11.1 Å². The van der Waals surface area contributed by atoms with Gasteiger partial charge in [-0.2, -0.15) is 0 Å².